The van der Waals surface area contributed by atoms with Crippen LogP contribution in [-0.4, -0.2) is 16.0 Å². The fraction of sp³-hybridized carbons (Fsp3) is 0.211. The van der Waals surface area contributed by atoms with Crippen LogP contribution in [0.2, 0.25) is 0 Å². The predicted molar refractivity (Wildman–Crippen MR) is 107 cm³/mol. The molecule has 6 heteroatoms. The lowest BCUT2D eigenvalue weighted by Gasteiger charge is -2.09. The summed E-state index contributed by atoms with van der Waals surface area (Å²) in [6, 6.07) is 14.2. The number of nitrogens with one attached hydrogen (secondary N) is 2. The third-order valence-electron chi connectivity index (χ3n) is 4.12. The van der Waals surface area contributed by atoms with Crippen LogP contribution >= 0.6 is 23.6 Å². The van der Waals surface area contributed by atoms with Crippen molar-refractivity contribution < 1.29 is 4.79 Å². The maximum atomic E-state index is 11.7. The molecule has 126 valence electrons. The number of aromatic nitrogens is 1. The van der Waals surface area contributed by atoms with E-state index in [9.17, 15) is 4.79 Å². The highest BCUT2D eigenvalue weighted by molar-refractivity contribution is 7.80. The number of amides is 1. The molecule has 1 amide bonds. The van der Waals surface area contributed by atoms with Gasteiger partial charge in [0.2, 0.25) is 5.91 Å². The third kappa shape index (κ3) is 3.70. The zero-order chi connectivity index (χ0) is 17.4. The molecule has 0 bridgehead atoms. The fourth-order valence-electron chi connectivity index (χ4n) is 2.57. The number of carbonyl (C=O) groups excluding carboxylic acids is 1. The Morgan fingerprint density at radius 3 is 2.68 bits per heavy atom. The molecular weight excluding hydrogens is 350 g/mol. The first-order valence-electron chi connectivity index (χ1n) is 8.18. The number of nitrogens with zero attached hydrogens (tertiary/aromatic N) is 1. The van der Waals surface area contributed by atoms with Crippen LogP contribution in [-0.2, 0) is 4.79 Å². The van der Waals surface area contributed by atoms with E-state index in [-0.39, 0.29) is 11.8 Å². The first-order chi connectivity index (χ1) is 12.1. The minimum atomic E-state index is 0.0129. The van der Waals surface area contributed by atoms with Crippen molar-refractivity contribution in [1.82, 2.24) is 10.3 Å². The van der Waals surface area contributed by atoms with Crippen molar-refractivity contribution in [3.63, 3.8) is 0 Å². The minimum absolute atomic E-state index is 0.0129. The molecule has 1 aromatic heterocycles. The topological polar surface area (TPSA) is 54.0 Å². The number of hydrogen-bond acceptors (Lipinski definition) is 4. The van der Waals surface area contributed by atoms with Crippen LogP contribution in [0.4, 0.5) is 5.69 Å². The molecule has 0 aliphatic heterocycles. The highest BCUT2D eigenvalue weighted by Gasteiger charge is 2.29. The Hall–Kier alpha value is -2.31. The maximum Gasteiger partial charge on any atom is 0.229 e. The number of hydrogen-bond donors (Lipinski definition) is 2. The lowest BCUT2D eigenvalue weighted by molar-refractivity contribution is -0.120. The normalized spacial score (nSPS) is 13.6. The van der Waals surface area contributed by atoms with E-state index in [1.54, 1.807) is 11.3 Å². The molecule has 25 heavy (non-hydrogen) atoms. The maximum absolute atomic E-state index is 11.7. The van der Waals surface area contributed by atoms with Gasteiger partial charge in [0.1, 0.15) is 5.01 Å². The van der Waals surface area contributed by atoms with Gasteiger partial charge in [0, 0.05) is 17.2 Å². The van der Waals surface area contributed by atoms with Crippen LogP contribution in [0.5, 0.6) is 0 Å². The molecule has 1 fully saturated rings. The van der Waals surface area contributed by atoms with E-state index in [1.165, 1.54) is 10.3 Å². The average Bonchev–Trinajstić information content (AvgIpc) is 3.35. The molecule has 0 radical (unpaired) electrons. The Morgan fingerprint density at radius 2 is 1.96 bits per heavy atom. The number of rotatable bonds is 3. The average molecular weight is 367 g/mol. The summed E-state index contributed by atoms with van der Waals surface area (Å²) in [6.07, 6.45) is 1.93. The lowest BCUT2D eigenvalue weighted by Crippen LogP contribution is -2.35. The molecule has 0 spiro atoms. The van der Waals surface area contributed by atoms with Crippen LogP contribution in [0.15, 0.2) is 42.5 Å². The van der Waals surface area contributed by atoms with Crippen LogP contribution in [0.3, 0.4) is 0 Å². The molecule has 4 nitrogen and oxygen atoms in total. The molecule has 0 saturated heterocycles. The van der Waals surface area contributed by atoms with E-state index in [0.717, 1.165) is 34.6 Å². The van der Waals surface area contributed by atoms with Crippen molar-refractivity contribution in [3.05, 3.63) is 48.0 Å². The van der Waals surface area contributed by atoms with Crippen LogP contribution < -0.4 is 10.6 Å². The molecule has 2 aromatic carbocycles. The third-order valence-corrected chi connectivity index (χ3v) is 5.39. The van der Waals surface area contributed by atoms with E-state index in [2.05, 4.69) is 35.8 Å². The van der Waals surface area contributed by atoms with Crippen molar-refractivity contribution in [2.75, 3.05) is 5.32 Å². The molecule has 3 aromatic rings. The van der Waals surface area contributed by atoms with Gasteiger partial charge in [-0.2, -0.15) is 0 Å². The van der Waals surface area contributed by atoms with Gasteiger partial charge in [-0.05, 0) is 73.9 Å². The second-order valence-electron chi connectivity index (χ2n) is 6.29. The van der Waals surface area contributed by atoms with Gasteiger partial charge in [-0.3, -0.25) is 4.79 Å². The van der Waals surface area contributed by atoms with Gasteiger partial charge in [-0.1, -0.05) is 6.07 Å². The largest absolute Gasteiger partial charge is 0.332 e. The van der Waals surface area contributed by atoms with Gasteiger partial charge in [0.25, 0.3) is 0 Å². The van der Waals surface area contributed by atoms with Crippen molar-refractivity contribution in [1.29, 1.82) is 0 Å². The SMILES string of the molecule is Cc1ccc2nc(-c3ccc(NC(=S)NC(=O)C4CC4)cc3)sc2c1. The number of aryl methyl sites for hydroxylation is 1. The summed E-state index contributed by atoms with van der Waals surface area (Å²) in [7, 11) is 0. The Morgan fingerprint density at radius 1 is 1.20 bits per heavy atom. The summed E-state index contributed by atoms with van der Waals surface area (Å²) in [5.74, 6) is 0.156. The lowest BCUT2D eigenvalue weighted by atomic mass is 10.2. The first kappa shape index (κ1) is 16.2. The van der Waals surface area contributed by atoms with Crippen molar-refractivity contribution >= 4 is 50.5 Å². The van der Waals surface area contributed by atoms with Gasteiger partial charge in [-0.25, -0.2) is 4.98 Å². The molecule has 0 atom stereocenters. The number of benzene rings is 2. The Labute approximate surface area is 155 Å². The number of anilines is 1. The zero-order valence-corrected chi connectivity index (χ0v) is 15.3. The van der Waals surface area contributed by atoms with Gasteiger partial charge in [0.15, 0.2) is 5.11 Å². The van der Waals surface area contributed by atoms with E-state index < -0.39 is 0 Å². The van der Waals surface area contributed by atoms with E-state index in [4.69, 9.17) is 17.2 Å². The smallest absolute Gasteiger partial charge is 0.229 e. The Kier molecular flexibility index (Phi) is 4.23. The quantitative estimate of drug-likeness (QED) is 0.670. The van der Waals surface area contributed by atoms with Crippen LogP contribution in [0, 0.1) is 12.8 Å². The number of thiazole rings is 1. The summed E-state index contributed by atoms with van der Waals surface area (Å²) in [5.41, 5.74) is 4.18. The van der Waals surface area contributed by atoms with Crippen molar-refractivity contribution in [2.45, 2.75) is 19.8 Å². The second-order valence-corrected chi connectivity index (χ2v) is 7.72. The fourth-order valence-corrected chi connectivity index (χ4v) is 3.86. The Balaban J connectivity index is 1.47. The van der Waals surface area contributed by atoms with Gasteiger partial charge in [0.05, 0.1) is 10.2 Å². The van der Waals surface area contributed by atoms with Crippen LogP contribution in [0.1, 0.15) is 18.4 Å². The molecule has 0 unspecified atom stereocenters. The monoisotopic (exact) mass is 367 g/mol. The predicted octanol–water partition coefficient (Wildman–Crippen LogP) is 4.49. The molecule has 4 rings (SSSR count). The molecule has 1 saturated carbocycles. The number of fused-ring (bicyclic) bond motifs is 1. The number of carbonyl (C=O) groups is 1. The van der Waals surface area contributed by atoms with Gasteiger partial charge >= 0.3 is 0 Å². The highest BCUT2D eigenvalue weighted by atomic mass is 32.1. The number of thiocarbonyl (C=S) groups is 1. The highest BCUT2D eigenvalue weighted by Crippen LogP contribution is 2.31. The van der Waals surface area contributed by atoms with Crippen molar-refractivity contribution in [2.24, 2.45) is 5.92 Å². The van der Waals surface area contributed by atoms with Gasteiger partial charge in [-0.15, -0.1) is 11.3 Å². The van der Waals surface area contributed by atoms with Crippen molar-refractivity contribution in [3.8, 4) is 10.6 Å². The summed E-state index contributed by atoms with van der Waals surface area (Å²) >= 11 is 6.88. The van der Waals surface area contributed by atoms with Gasteiger partial charge < -0.3 is 10.6 Å². The first-order valence-corrected chi connectivity index (χ1v) is 9.40. The molecule has 1 aliphatic carbocycles. The summed E-state index contributed by atoms with van der Waals surface area (Å²) < 4.78 is 1.20. The summed E-state index contributed by atoms with van der Waals surface area (Å²) in [5, 5.41) is 7.13. The minimum Gasteiger partial charge on any atom is -0.332 e. The van der Waals surface area contributed by atoms with E-state index in [1.807, 2.05) is 24.3 Å². The summed E-state index contributed by atoms with van der Waals surface area (Å²) in [4.78, 5) is 16.4. The molecule has 2 N–H and O–H groups in total. The Bertz CT molecular complexity index is 958. The standard InChI is InChI=1S/C19H17N3OS2/c1-11-2-9-15-16(10-11)25-18(21-15)13-5-7-14(8-6-13)20-19(24)22-17(23)12-3-4-12/h2,5-10,12H,3-4H2,1H3,(H2,20,22,23,24). The van der Waals surface area contributed by atoms with E-state index >= 15 is 0 Å². The van der Waals surface area contributed by atoms with Crippen LogP contribution in [0.25, 0.3) is 20.8 Å². The second kappa shape index (κ2) is 6.54. The molecule has 1 aliphatic rings. The zero-order valence-electron chi connectivity index (χ0n) is 13.7. The van der Waals surface area contributed by atoms with E-state index in [0.29, 0.717) is 5.11 Å². The molecular formula is C19H17N3OS2. The molecule has 1 heterocycles. The summed E-state index contributed by atoms with van der Waals surface area (Å²) in [6.45, 7) is 2.09.